The van der Waals surface area contributed by atoms with E-state index in [2.05, 4.69) is 9.55 Å². The summed E-state index contributed by atoms with van der Waals surface area (Å²) >= 11 is 1.52. The maximum absolute atomic E-state index is 10.7. The van der Waals surface area contributed by atoms with E-state index in [1.807, 2.05) is 18.5 Å². The van der Waals surface area contributed by atoms with Crippen molar-refractivity contribution in [3.05, 3.63) is 34.7 Å². The van der Waals surface area contributed by atoms with Crippen molar-refractivity contribution in [2.75, 3.05) is 0 Å². The lowest BCUT2D eigenvalue weighted by atomic mass is 10.0. The predicted octanol–water partition coefficient (Wildman–Crippen LogP) is 2.63. The first-order valence-electron chi connectivity index (χ1n) is 5.49. The standard InChI is InChI=1S/C12H12N2OS/c15-7-9-5-6-12(16-9)14-8-13-10-3-1-2-4-11(10)14/h5-8H,1-4H2. The average molecular weight is 232 g/mol. The van der Waals surface area contributed by atoms with Crippen molar-refractivity contribution in [2.45, 2.75) is 25.7 Å². The topological polar surface area (TPSA) is 34.9 Å². The minimum absolute atomic E-state index is 0.772. The Labute approximate surface area is 97.7 Å². The maximum Gasteiger partial charge on any atom is 0.160 e. The van der Waals surface area contributed by atoms with Crippen LogP contribution in [0.2, 0.25) is 0 Å². The predicted molar refractivity (Wildman–Crippen MR) is 63.5 cm³/mol. The molecule has 0 saturated heterocycles. The Bertz CT molecular complexity index is 527. The summed E-state index contributed by atoms with van der Waals surface area (Å²) in [7, 11) is 0. The van der Waals surface area contributed by atoms with Crippen molar-refractivity contribution in [3.8, 4) is 5.00 Å². The number of carbonyl (C=O) groups is 1. The number of nitrogens with zero attached hydrogens (tertiary/aromatic N) is 2. The molecule has 2 aromatic rings. The van der Waals surface area contributed by atoms with Gasteiger partial charge in [0.15, 0.2) is 6.29 Å². The van der Waals surface area contributed by atoms with Gasteiger partial charge in [-0.15, -0.1) is 11.3 Å². The van der Waals surface area contributed by atoms with Crippen LogP contribution in [0.1, 0.15) is 33.9 Å². The third kappa shape index (κ3) is 1.50. The molecule has 0 atom stereocenters. The second-order valence-electron chi connectivity index (χ2n) is 4.01. The molecule has 0 saturated carbocycles. The molecule has 0 aliphatic heterocycles. The van der Waals surface area contributed by atoms with E-state index >= 15 is 0 Å². The zero-order valence-electron chi connectivity index (χ0n) is 8.85. The van der Waals surface area contributed by atoms with Gasteiger partial charge in [-0.25, -0.2) is 4.98 Å². The van der Waals surface area contributed by atoms with Gasteiger partial charge in [0, 0.05) is 5.69 Å². The van der Waals surface area contributed by atoms with Crippen molar-refractivity contribution >= 4 is 17.6 Å². The molecule has 2 aromatic heterocycles. The monoisotopic (exact) mass is 232 g/mol. The first kappa shape index (κ1) is 9.78. The summed E-state index contributed by atoms with van der Waals surface area (Å²) in [4.78, 5) is 15.9. The number of thiophene rings is 1. The van der Waals surface area contributed by atoms with Gasteiger partial charge in [-0.05, 0) is 37.8 Å². The molecule has 3 rings (SSSR count). The summed E-state index contributed by atoms with van der Waals surface area (Å²) < 4.78 is 2.13. The van der Waals surface area contributed by atoms with Crippen LogP contribution in [0.3, 0.4) is 0 Å². The first-order valence-corrected chi connectivity index (χ1v) is 6.30. The molecule has 0 N–H and O–H groups in total. The number of hydrogen-bond donors (Lipinski definition) is 0. The SMILES string of the molecule is O=Cc1ccc(-n2cnc3c2CCCC3)s1. The molecule has 0 unspecified atom stereocenters. The van der Waals surface area contributed by atoms with E-state index in [1.165, 1.54) is 35.6 Å². The van der Waals surface area contributed by atoms with E-state index in [0.29, 0.717) is 0 Å². The fourth-order valence-corrected chi connectivity index (χ4v) is 3.01. The van der Waals surface area contributed by atoms with E-state index in [4.69, 9.17) is 0 Å². The van der Waals surface area contributed by atoms with Crippen molar-refractivity contribution in [2.24, 2.45) is 0 Å². The maximum atomic E-state index is 10.7. The lowest BCUT2D eigenvalue weighted by Crippen LogP contribution is -2.05. The molecule has 0 amide bonds. The van der Waals surface area contributed by atoms with Crippen LogP contribution in [0.25, 0.3) is 5.00 Å². The van der Waals surface area contributed by atoms with Crippen LogP contribution < -0.4 is 0 Å². The van der Waals surface area contributed by atoms with Crippen molar-refractivity contribution in [1.29, 1.82) is 0 Å². The highest BCUT2D eigenvalue weighted by molar-refractivity contribution is 7.16. The Hall–Kier alpha value is -1.42. The summed E-state index contributed by atoms with van der Waals surface area (Å²) in [6, 6.07) is 3.85. The molecule has 16 heavy (non-hydrogen) atoms. The summed E-state index contributed by atoms with van der Waals surface area (Å²) in [6.45, 7) is 0. The van der Waals surface area contributed by atoms with Gasteiger partial charge >= 0.3 is 0 Å². The Kier molecular flexibility index (Phi) is 2.36. The normalized spacial score (nSPS) is 14.8. The molecule has 82 valence electrons. The van der Waals surface area contributed by atoms with Crippen LogP contribution in [-0.4, -0.2) is 15.8 Å². The first-order chi connectivity index (χ1) is 7.88. The summed E-state index contributed by atoms with van der Waals surface area (Å²) in [5, 5.41) is 1.10. The van der Waals surface area contributed by atoms with E-state index in [9.17, 15) is 4.79 Å². The van der Waals surface area contributed by atoms with E-state index < -0.39 is 0 Å². The molecule has 4 heteroatoms. The highest BCUT2D eigenvalue weighted by Crippen LogP contribution is 2.26. The number of carbonyl (C=O) groups excluding carboxylic acids is 1. The van der Waals surface area contributed by atoms with Gasteiger partial charge in [-0.1, -0.05) is 0 Å². The Morgan fingerprint density at radius 3 is 3.00 bits per heavy atom. The molecule has 0 aromatic carbocycles. The lowest BCUT2D eigenvalue weighted by Gasteiger charge is -2.12. The summed E-state index contributed by atoms with van der Waals surface area (Å²) in [5.74, 6) is 0. The van der Waals surface area contributed by atoms with Crippen LogP contribution in [0.15, 0.2) is 18.5 Å². The van der Waals surface area contributed by atoms with Crippen LogP contribution in [0, 0.1) is 0 Å². The van der Waals surface area contributed by atoms with Crippen molar-refractivity contribution in [1.82, 2.24) is 9.55 Å². The van der Waals surface area contributed by atoms with Gasteiger partial charge in [-0.3, -0.25) is 9.36 Å². The highest BCUT2D eigenvalue weighted by atomic mass is 32.1. The third-order valence-electron chi connectivity index (χ3n) is 3.00. The van der Waals surface area contributed by atoms with Crippen molar-refractivity contribution in [3.63, 3.8) is 0 Å². The minimum Gasteiger partial charge on any atom is -0.297 e. The molecule has 0 fully saturated rings. The smallest absolute Gasteiger partial charge is 0.160 e. The molecule has 0 radical (unpaired) electrons. The van der Waals surface area contributed by atoms with Crippen LogP contribution in [-0.2, 0) is 12.8 Å². The molecule has 1 aliphatic rings. The van der Waals surface area contributed by atoms with E-state index in [-0.39, 0.29) is 0 Å². The number of rotatable bonds is 2. The second kappa shape index (κ2) is 3.87. The zero-order valence-corrected chi connectivity index (χ0v) is 9.67. The largest absolute Gasteiger partial charge is 0.297 e. The minimum atomic E-state index is 0.772. The average Bonchev–Trinajstić information content (AvgIpc) is 2.94. The number of hydrogen-bond acceptors (Lipinski definition) is 3. The molecular weight excluding hydrogens is 220 g/mol. The number of fused-ring (bicyclic) bond motifs is 1. The number of imidazole rings is 1. The van der Waals surface area contributed by atoms with Gasteiger partial charge in [0.1, 0.15) is 11.3 Å². The zero-order chi connectivity index (χ0) is 11.0. The number of aromatic nitrogens is 2. The van der Waals surface area contributed by atoms with Gasteiger partial charge in [-0.2, -0.15) is 0 Å². The quantitative estimate of drug-likeness (QED) is 0.746. The Morgan fingerprint density at radius 2 is 2.19 bits per heavy atom. The molecule has 1 aliphatic carbocycles. The van der Waals surface area contributed by atoms with Gasteiger partial charge in [0.05, 0.1) is 10.6 Å². The Balaban J connectivity index is 2.05. The number of aryl methyl sites for hydroxylation is 1. The van der Waals surface area contributed by atoms with Crippen LogP contribution in [0.4, 0.5) is 0 Å². The van der Waals surface area contributed by atoms with Crippen molar-refractivity contribution < 1.29 is 4.79 Å². The fraction of sp³-hybridized carbons (Fsp3) is 0.333. The van der Waals surface area contributed by atoms with Gasteiger partial charge in [0.2, 0.25) is 0 Å². The van der Waals surface area contributed by atoms with E-state index in [1.54, 1.807) is 0 Å². The summed E-state index contributed by atoms with van der Waals surface area (Å²) in [6.07, 6.45) is 7.46. The Morgan fingerprint density at radius 1 is 1.31 bits per heavy atom. The van der Waals surface area contributed by atoms with Gasteiger partial charge in [0.25, 0.3) is 0 Å². The van der Waals surface area contributed by atoms with Crippen LogP contribution in [0.5, 0.6) is 0 Å². The van der Waals surface area contributed by atoms with E-state index in [0.717, 1.165) is 29.0 Å². The highest BCUT2D eigenvalue weighted by Gasteiger charge is 2.16. The summed E-state index contributed by atoms with van der Waals surface area (Å²) in [5.41, 5.74) is 2.55. The number of aldehydes is 1. The molecule has 3 nitrogen and oxygen atoms in total. The van der Waals surface area contributed by atoms with Crippen LogP contribution >= 0.6 is 11.3 Å². The second-order valence-corrected chi connectivity index (χ2v) is 5.10. The molecule has 2 heterocycles. The molecule has 0 bridgehead atoms. The molecular formula is C12H12N2OS. The third-order valence-corrected chi connectivity index (χ3v) is 4.01. The lowest BCUT2D eigenvalue weighted by molar-refractivity contribution is 0.112. The fourth-order valence-electron chi connectivity index (χ4n) is 2.19. The molecule has 0 spiro atoms. The van der Waals surface area contributed by atoms with Gasteiger partial charge < -0.3 is 0 Å².